The van der Waals surface area contributed by atoms with Crippen LogP contribution in [0.4, 0.5) is 0 Å². The van der Waals surface area contributed by atoms with Gasteiger partial charge in [-0.15, -0.1) is 0 Å². The summed E-state index contributed by atoms with van der Waals surface area (Å²) in [6.07, 6.45) is 1.59. The van der Waals surface area contributed by atoms with E-state index < -0.39 is 9.84 Å². The van der Waals surface area contributed by atoms with Crippen LogP contribution in [-0.2, 0) is 21.2 Å². The van der Waals surface area contributed by atoms with Crippen LogP contribution in [0.5, 0.6) is 5.88 Å². The third kappa shape index (κ3) is 4.56. The molecule has 0 radical (unpaired) electrons. The first-order valence-electron chi connectivity index (χ1n) is 11.5. The fourth-order valence-corrected chi connectivity index (χ4v) is 6.23. The minimum Gasteiger partial charge on any atom is -0.469 e. The number of nitrogens with zero attached hydrogens (tertiary/aromatic N) is 3. The molecule has 0 saturated carbocycles. The van der Waals surface area contributed by atoms with Crippen molar-refractivity contribution in [3.63, 3.8) is 0 Å². The molecule has 0 unspecified atom stereocenters. The Morgan fingerprint density at radius 1 is 1.14 bits per heavy atom. The zero-order valence-corrected chi connectivity index (χ0v) is 21.4. The van der Waals surface area contributed by atoms with Crippen LogP contribution < -0.4 is 4.74 Å². The summed E-state index contributed by atoms with van der Waals surface area (Å²) in [6, 6.07) is 10.3. The second kappa shape index (κ2) is 10.1. The number of benzene rings is 2. The largest absolute Gasteiger partial charge is 0.469 e. The molecule has 0 N–H and O–H groups in total. The molecule has 9 nitrogen and oxygen atoms in total. The van der Waals surface area contributed by atoms with Crippen LogP contribution >= 0.6 is 0 Å². The predicted molar refractivity (Wildman–Crippen MR) is 134 cm³/mol. The topological polar surface area (TPSA) is 117 Å². The molecular weight excluding hydrogens is 482 g/mol. The lowest BCUT2D eigenvalue weighted by atomic mass is 9.91. The van der Waals surface area contributed by atoms with Gasteiger partial charge in [0.15, 0.2) is 28.0 Å². The normalized spacial score (nSPS) is 15.4. The molecule has 2 heterocycles. The number of Topliss-reactive ketones (excluding diaryl/α,β-unsaturated/α-hetero) is 1. The Balaban J connectivity index is 1.76. The SMILES string of the molecule is CCn1ncc(C(=O)c2cc(C)c3c(c2C)C(=NOC)CCS3(=O)=O)c1OCC(=O)c1ccccc1. The van der Waals surface area contributed by atoms with E-state index in [0.717, 1.165) is 0 Å². The van der Waals surface area contributed by atoms with E-state index in [0.29, 0.717) is 40.1 Å². The Labute approximate surface area is 209 Å². The molecule has 3 aromatic rings. The molecule has 1 aliphatic heterocycles. The maximum absolute atomic E-state index is 13.8. The highest BCUT2D eigenvalue weighted by Gasteiger charge is 2.34. The molecular formula is C26H27N3O6S. The molecule has 10 heteroatoms. The first kappa shape index (κ1) is 25.3. The number of oxime groups is 1. The van der Waals surface area contributed by atoms with Crippen LogP contribution in [0.15, 0.2) is 52.6 Å². The van der Waals surface area contributed by atoms with E-state index in [1.54, 1.807) is 44.2 Å². The van der Waals surface area contributed by atoms with Crippen LogP contribution in [0.25, 0.3) is 0 Å². The average molecular weight is 510 g/mol. The number of carbonyl (C=O) groups is 2. The van der Waals surface area contributed by atoms with Gasteiger partial charge in [-0.05, 0) is 38.0 Å². The number of sulfone groups is 1. The van der Waals surface area contributed by atoms with Gasteiger partial charge < -0.3 is 9.57 Å². The summed E-state index contributed by atoms with van der Waals surface area (Å²) in [6.45, 7) is 5.36. The van der Waals surface area contributed by atoms with Gasteiger partial charge in [-0.1, -0.05) is 35.5 Å². The third-order valence-electron chi connectivity index (χ3n) is 6.15. The smallest absolute Gasteiger partial charge is 0.223 e. The molecule has 4 rings (SSSR count). The number of aromatic nitrogens is 2. The lowest BCUT2D eigenvalue weighted by Crippen LogP contribution is -2.26. The average Bonchev–Trinajstić information content (AvgIpc) is 3.28. The Kier molecular flexibility index (Phi) is 7.07. The van der Waals surface area contributed by atoms with Gasteiger partial charge in [-0.25, -0.2) is 13.1 Å². The van der Waals surface area contributed by atoms with Crippen LogP contribution in [0.2, 0.25) is 0 Å². The zero-order valence-electron chi connectivity index (χ0n) is 20.6. The lowest BCUT2D eigenvalue weighted by molar-refractivity contribution is 0.0907. The van der Waals surface area contributed by atoms with Crippen LogP contribution in [0, 0.1) is 13.8 Å². The van der Waals surface area contributed by atoms with Crippen LogP contribution in [-0.4, -0.2) is 54.9 Å². The standard InChI is InChI=1S/C26H27N3O6S/c1-5-29-26(35-15-22(30)18-9-7-6-8-10-18)20(14-27-29)24(31)19-13-16(2)25-23(17(19)3)21(28-34-4)11-12-36(25,32)33/h6-10,13-14H,5,11-12,15H2,1-4H3. The number of rotatable bonds is 8. The summed E-state index contributed by atoms with van der Waals surface area (Å²) >= 11 is 0. The highest BCUT2D eigenvalue weighted by Crippen LogP contribution is 2.35. The van der Waals surface area contributed by atoms with Gasteiger partial charge in [0.25, 0.3) is 0 Å². The lowest BCUT2D eigenvalue weighted by Gasteiger charge is -2.23. The maximum Gasteiger partial charge on any atom is 0.223 e. The highest BCUT2D eigenvalue weighted by molar-refractivity contribution is 7.91. The summed E-state index contributed by atoms with van der Waals surface area (Å²) in [5, 5.41) is 8.30. The van der Waals surface area contributed by atoms with E-state index in [2.05, 4.69) is 10.3 Å². The maximum atomic E-state index is 13.8. The summed E-state index contributed by atoms with van der Waals surface area (Å²) in [4.78, 5) is 31.5. The van der Waals surface area contributed by atoms with Crippen molar-refractivity contribution in [1.82, 2.24) is 9.78 Å². The van der Waals surface area contributed by atoms with Crippen molar-refractivity contribution in [2.75, 3.05) is 19.5 Å². The summed E-state index contributed by atoms with van der Waals surface area (Å²) in [5.41, 5.74) is 2.80. The fourth-order valence-electron chi connectivity index (χ4n) is 4.43. The van der Waals surface area contributed by atoms with E-state index >= 15 is 0 Å². The molecule has 2 aromatic carbocycles. The molecule has 0 atom stereocenters. The summed E-state index contributed by atoms with van der Waals surface area (Å²) < 4.78 is 33.1. The molecule has 0 bridgehead atoms. The van der Waals surface area contributed by atoms with Gasteiger partial charge in [-0.2, -0.15) is 5.10 Å². The Morgan fingerprint density at radius 3 is 2.53 bits per heavy atom. The van der Waals surface area contributed by atoms with Crippen molar-refractivity contribution >= 4 is 27.1 Å². The second-order valence-corrected chi connectivity index (χ2v) is 10.5. The van der Waals surface area contributed by atoms with E-state index in [-0.39, 0.29) is 46.7 Å². The first-order chi connectivity index (χ1) is 17.2. The van der Waals surface area contributed by atoms with Crippen molar-refractivity contribution in [3.8, 4) is 5.88 Å². The number of hydrogen-bond donors (Lipinski definition) is 0. The minimum absolute atomic E-state index is 0.0769. The number of aryl methyl sites for hydroxylation is 2. The number of fused-ring (bicyclic) bond motifs is 1. The first-order valence-corrected chi connectivity index (χ1v) is 13.1. The molecule has 0 saturated heterocycles. The van der Waals surface area contributed by atoms with E-state index in [4.69, 9.17) is 9.57 Å². The number of hydrogen-bond acceptors (Lipinski definition) is 8. The third-order valence-corrected chi connectivity index (χ3v) is 8.04. The second-order valence-electron chi connectivity index (χ2n) is 8.45. The Hall–Kier alpha value is -3.79. The van der Waals surface area contributed by atoms with E-state index in [1.807, 2.05) is 13.0 Å². The molecule has 36 heavy (non-hydrogen) atoms. The highest BCUT2D eigenvalue weighted by atomic mass is 32.2. The van der Waals surface area contributed by atoms with Crippen molar-refractivity contribution in [2.24, 2.45) is 5.16 Å². The molecule has 188 valence electrons. The molecule has 0 aliphatic carbocycles. The molecule has 1 aromatic heterocycles. The number of ether oxygens (including phenoxy) is 1. The molecule has 0 amide bonds. The summed E-state index contributed by atoms with van der Waals surface area (Å²) in [5.74, 6) is -0.517. The quantitative estimate of drug-likeness (QED) is 0.337. The van der Waals surface area contributed by atoms with Crippen molar-refractivity contribution in [1.29, 1.82) is 0 Å². The van der Waals surface area contributed by atoms with Gasteiger partial charge in [0.05, 0.1) is 22.6 Å². The van der Waals surface area contributed by atoms with E-state index in [1.165, 1.54) is 18.0 Å². The monoisotopic (exact) mass is 509 g/mol. The molecule has 1 aliphatic rings. The van der Waals surface area contributed by atoms with Gasteiger partial charge in [0.1, 0.15) is 12.7 Å². The number of carbonyl (C=O) groups excluding carboxylic acids is 2. The molecule has 0 spiro atoms. The van der Waals surface area contributed by atoms with Gasteiger partial charge >= 0.3 is 0 Å². The van der Waals surface area contributed by atoms with Crippen LogP contribution in [0.1, 0.15) is 56.3 Å². The predicted octanol–water partition coefficient (Wildman–Crippen LogP) is 3.54. The Morgan fingerprint density at radius 2 is 1.86 bits per heavy atom. The number of ketones is 2. The van der Waals surface area contributed by atoms with Gasteiger partial charge in [-0.3, -0.25) is 9.59 Å². The summed E-state index contributed by atoms with van der Waals surface area (Å²) in [7, 11) is -2.14. The van der Waals surface area contributed by atoms with Crippen molar-refractivity contribution in [3.05, 3.63) is 76.0 Å². The molecule has 0 fully saturated rings. The van der Waals surface area contributed by atoms with Crippen LogP contribution in [0.3, 0.4) is 0 Å². The van der Waals surface area contributed by atoms with E-state index in [9.17, 15) is 18.0 Å². The van der Waals surface area contributed by atoms with Crippen molar-refractivity contribution in [2.45, 2.75) is 38.6 Å². The van der Waals surface area contributed by atoms with Gasteiger partial charge in [0.2, 0.25) is 5.88 Å². The Bertz CT molecular complexity index is 1470. The minimum atomic E-state index is -3.53. The fraction of sp³-hybridized carbons (Fsp3) is 0.308. The zero-order chi connectivity index (χ0) is 26.0. The van der Waals surface area contributed by atoms with Gasteiger partial charge in [0, 0.05) is 29.7 Å². The van der Waals surface area contributed by atoms with Crippen molar-refractivity contribution < 1.29 is 27.6 Å².